The Balaban J connectivity index is 1.45. The highest BCUT2D eigenvalue weighted by Gasteiger charge is 2.55. The van der Waals surface area contributed by atoms with Crippen LogP contribution in [0.1, 0.15) is 5.56 Å². The molecular formula is C19H15ClFN5O3. The van der Waals surface area contributed by atoms with E-state index in [2.05, 4.69) is 15.7 Å². The van der Waals surface area contributed by atoms with Gasteiger partial charge in [0.25, 0.3) is 11.8 Å². The number of halogens is 2. The molecule has 0 aromatic heterocycles. The molecule has 2 atom stereocenters. The number of nitrogens with one attached hydrogen (secondary N) is 1. The number of hydrogen-bond acceptors (Lipinski definition) is 6. The largest absolute Gasteiger partial charge is 0.350 e. The van der Waals surface area contributed by atoms with E-state index in [1.54, 1.807) is 0 Å². The summed E-state index contributed by atoms with van der Waals surface area (Å²) in [5, 5.41) is 11.4. The van der Waals surface area contributed by atoms with Gasteiger partial charge >= 0.3 is 0 Å². The van der Waals surface area contributed by atoms with Crippen molar-refractivity contribution < 1.29 is 18.8 Å². The van der Waals surface area contributed by atoms with Crippen LogP contribution in [0.2, 0.25) is 5.02 Å². The predicted molar refractivity (Wildman–Crippen MR) is 101 cm³/mol. The number of rotatable bonds is 5. The molecule has 0 aliphatic carbocycles. The smallest absolute Gasteiger partial charge is 0.263 e. The maximum atomic E-state index is 13.4. The van der Waals surface area contributed by atoms with Crippen LogP contribution in [-0.4, -0.2) is 41.4 Å². The van der Waals surface area contributed by atoms with Crippen LogP contribution >= 0.6 is 11.6 Å². The van der Waals surface area contributed by atoms with Crippen LogP contribution in [0.15, 0.2) is 58.9 Å². The van der Waals surface area contributed by atoms with Crippen molar-refractivity contribution in [2.24, 2.45) is 10.3 Å². The van der Waals surface area contributed by atoms with Gasteiger partial charge in [0.2, 0.25) is 5.91 Å². The van der Waals surface area contributed by atoms with Gasteiger partial charge in [0.15, 0.2) is 12.1 Å². The fraction of sp³-hybridized carbons (Fsp3) is 0.211. The second-order valence-corrected chi connectivity index (χ2v) is 6.97. The average Bonchev–Trinajstić information content (AvgIpc) is 3.23. The van der Waals surface area contributed by atoms with E-state index in [1.807, 2.05) is 30.3 Å². The van der Waals surface area contributed by atoms with Crippen LogP contribution in [0.25, 0.3) is 0 Å². The Labute approximate surface area is 169 Å². The molecule has 0 radical (unpaired) electrons. The van der Waals surface area contributed by atoms with Crippen LogP contribution in [0.4, 0.5) is 10.1 Å². The number of carbonyl (C=O) groups is 3. The zero-order valence-corrected chi connectivity index (χ0v) is 15.7. The molecule has 4 rings (SSSR count). The molecule has 8 nitrogen and oxygen atoms in total. The van der Waals surface area contributed by atoms with E-state index in [-0.39, 0.29) is 23.2 Å². The maximum absolute atomic E-state index is 13.4. The zero-order chi connectivity index (χ0) is 20.5. The highest BCUT2D eigenvalue weighted by molar-refractivity contribution is 6.32. The van der Waals surface area contributed by atoms with Crippen molar-refractivity contribution in [3.05, 3.63) is 64.9 Å². The summed E-state index contributed by atoms with van der Waals surface area (Å²) in [6, 6.07) is 10.8. The summed E-state index contributed by atoms with van der Waals surface area (Å²) < 4.78 is 13.4. The van der Waals surface area contributed by atoms with E-state index >= 15 is 0 Å². The quantitative estimate of drug-likeness (QED) is 0.756. The number of benzene rings is 2. The molecule has 2 aromatic rings. The lowest BCUT2D eigenvalue weighted by molar-refractivity contribution is -0.125. The third kappa shape index (κ3) is 3.56. The van der Waals surface area contributed by atoms with Crippen molar-refractivity contribution in [3.8, 4) is 0 Å². The molecule has 2 aliphatic rings. The maximum Gasteiger partial charge on any atom is 0.263 e. The molecule has 10 heteroatoms. The number of nitrogens with zero attached hydrogens (tertiary/aromatic N) is 4. The Kier molecular flexibility index (Phi) is 4.98. The first-order chi connectivity index (χ1) is 14.0. The third-order valence-corrected chi connectivity index (χ3v) is 4.95. The Morgan fingerprint density at radius 3 is 2.62 bits per heavy atom. The molecule has 2 heterocycles. The number of amides is 3. The summed E-state index contributed by atoms with van der Waals surface area (Å²) in [6.07, 6.45) is 0. The van der Waals surface area contributed by atoms with E-state index in [1.165, 1.54) is 17.1 Å². The van der Waals surface area contributed by atoms with Gasteiger partial charge in [-0.2, -0.15) is 5.11 Å². The van der Waals surface area contributed by atoms with Gasteiger partial charge in [-0.05, 0) is 23.8 Å². The average molecular weight is 416 g/mol. The van der Waals surface area contributed by atoms with Gasteiger partial charge in [0.1, 0.15) is 12.4 Å². The summed E-state index contributed by atoms with van der Waals surface area (Å²) in [4.78, 5) is 38.6. The highest BCUT2D eigenvalue weighted by Crippen LogP contribution is 2.33. The molecule has 2 aromatic carbocycles. The summed E-state index contributed by atoms with van der Waals surface area (Å²) in [5.74, 6) is -2.22. The highest BCUT2D eigenvalue weighted by atomic mass is 35.5. The molecule has 3 amide bonds. The second-order valence-electron chi connectivity index (χ2n) is 6.56. The van der Waals surface area contributed by atoms with E-state index in [4.69, 9.17) is 11.6 Å². The van der Waals surface area contributed by atoms with Crippen LogP contribution in [0, 0.1) is 5.82 Å². The molecule has 1 fully saturated rings. The van der Waals surface area contributed by atoms with Crippen LogP contribution in [0.3, 0.4) is 0 Å². The van der Waals surface area contributed by atoms with Crippen molar-refractivity contribution >= 4 is 35.0 Å². The fourth-order valence-electron chi connectivity index (χ4n) is 3.23. The minimum absolute atomic E-state index is 0.143. The van der Waals surface area contributed by atoms with E-state index < -0.39 is 29.7 Å². The van der Waals surface area contributed by atoms with Crippen molar-refractivity contribution in [3.63, 3.8) is 0 Å². The SMILES string of the molecule is O=C(CN1N=N[C@H]2C(=O)N(c3ccc(F)c(Cl)c3)C(=O)[C@@H]21)NCc1ccccc1. The third-order valence-electron chi connectivity index (χ3n) is 4.66. The number of fused-ring (bicyclic) bond motifs is 1. The first-order valence-electron chi connectivity index (χ1n) is 8.76. The van der Waals surface area contributed by atoms with Crippen molar-refractivity contribution in [1.82, 2.24) is 10.3 Å². The molecule has 29 heavy (non-hydrogen) atoms. The Morgan fingerprint density at radius 2 is 1.90 bits per heavy atom. The topological polar surface area (TPSA) is 94.4 Å². The number of imide groups is 1. The number of hydrogen-bond donors (Lipinski definition) is 1. The summed E-state index contributed by atoms with van der Waals surface area (Å²) in [7, 11) is 0. The van der Waals surface area contributed by atoms with Crippen molar-refractivity contribution in [2.75, 3.05) is 11.4 Å². The Bertz CT molecular complexity index is 1020. The molecule has 1 saturated heterocycles. The van der Waals surface area contributed by atoms with Crippen LogP contribution < -0.4 is 10.2 Å². The van der Waals surface area contributed by atoms with Gasteiger partial charge in [0.05, 0.1) is 10.7 Å². The molecule has 0 spiro atoms. The van der Waals surface area contributed by atoms with Crippen LogP contribution in [0.5, 0.6) is 0 Å². The van der Waals surface area contributed by atoms with Gasteiger partial charge in [0, 0.05) is 6.54 Å². The lowest BCUT2D eigenvalue weighted by Crippen LogP contribution is -2.44. The first-order valence-corrected chi connectivity index (χ1v) is 9.14. The molecule has 0 unspecified atom stereocenters. The molecule has 0 bridgehead atoms. The Hall–Kier alpha value is -3.33. The van der Waals surface area contributed by atoms with E-state index in [9.17, 15) is 18.8 Å². The van der Waals surface area contributed by atoms with Crippen molar-refractivity contribution in [2.45, 2.75) is 18.6 Å². The van der Waals surface area contributed by atoms with Gasteiger partial charge in [-0.15, -0.1) is 0 Å². The minimum atomic E-state index is -1.05. The van der Waals surface area contributed by atoms with E-state index in [0.29, 0.717) is 6.54 Å². The summed E-state index contributed by atoms with van der Waals surface area (Å²) in [6.45, 7) is 0.0976. The van der Waals surface area contributed by atoms with Crippen molar-refractivity contribution in [1.29, 1.82) is 0 Å². The first kappa shape index (κ1) is 19.0. The standard InChI is InChI=1S/C19H15ClFN5O3/c20-13-8-12(6-7-14(13)21)26-18(28)16-17(19(26)29)25(24-23-16)10-15(27)22-9-11-4-2-1-3-5-11/h1-8,16-17H,9-10H2,(H,22,27)/t16-,17-/m1/s1. The van der Waals surface area contributed by atoms with Gasteiger partial charge in [-0.3, -0.25) is 19.4 Å². The molecule has 2 aliphatic heterocycles. The molecule has 0 saturated carbocycles. The Morgan fingerprint density at radius 1 is 1.14 bits per heavy atom. The lowest BCUT2D eigenvalue weighted by Gasteiger charge is -2.20. The second kappa shape index (κ2) is 7.59. The molecule has 1 N–H and O–H groups in total. The van der Waals surface area contributed by atoms with E-state index in [0.717, 1.165) is 16.5 Å². The molecule has 148 valence electrons. The summed E-state index contributed by atoms with van der Waals surface area (Å²) in [5.41, 5.74) is 1.07. The molecular weight excluding hydrogens is 401 g/mol. The monoisotopic (exact) mass is 415 g/mol. The fourth-order valence-corrected chi connectivity index (χ4v) is 3.41. The summed E-state index contributed by atoms with van der Waals surface area (Å²) >= 11 is 5.76. The zero-order valence-electron chi connectivity index (χ0n) is 15.0. The number of carbonyl (C=O) groups excluding carboxylic acids is 3. The number of anilines is 1. The van der Waals surface area contributed by atoms with Gasteiger partial charge < -0.3 is 5.32 Å². The predicted octanol–water partition coefficient (Wildman–Crippen LogP) is 2.09. The van der Waals surface area contributed by atoms with Crippen LogP contribution in [-0.2, 0) is 20.9 Å². The minimum Gasteiger partial charge on any atom is -0.350 e. The normalized spacial score (nSPS) is 20.3. The van der Waals surface area contributed by atoms with Gasteiger partial charge in [-0.1, -0.05) is 47.2 Å². The lowest BCUT2D eigenvalue weighted by atomic mass is 10.1. The van der Waals surface area contributed by atoms with Gasteiger partial charge in [-0.25, -0.2) is 9.29 Å².